The lowest BCUT2D eigenvalue weighted by molar-refractivity contribution is 0.0571. The van der Waals surface area contributed by atoms with Gasteiger partial charge in [-0.05, 0) is 25.0 Å². The van der Waals surface area contributed by atoms with E-state index in [2.05, 4.69) is 9.97 Å². The zero-order valence-electron chi connectivity index (χ0n) is 10.2. The predicted octanol–water partition coefficient (Wildman–Crippen LogP) is 3.21. The Morgan fingerprint density at radius 1 is 1.29 bits per heavy atom. The molecule has 0 atom stereocenters. The molecule has 0 fully saturated rings. The smallest absolute Gasteiger partial charge is 0.166 e. The van der Waals surface area contributed by atoms with Gasteiger partial charge in [0.25, 0.3) is 0 Å². The highest BCUT2D eigenvalue weighted by Gasteiger charge is 2.22. The van der Waals surface area contributed by atoms with Gasteiger partial charge in [0.1, 0.15) is 0 Å². The van der Waals surface area contributed by atoms with Crippen LogP contribution in [0.4, 0.5) is 0 Å². The summed E-state index contributed by atoms with van der Waals surface area (Å²) in [6.07, 6.45) is 1.55. The Balaban J connectivity index is 2.09. The van der Waals surface area contributed by atoms with Gasteiger partial charge in [-0.25, -0.2) is 4.98 Å². The highest BCUT2D eigenvalue weighted by atomic mass is 32.2. The number of H-pyrrole nitrogens is 1. The summed E-state index contributed by atoms with van der Waals surface area (Å²) in [5.41, 5.74) is 1.45. The zero-order chi connectivity index (χ0) is 12.3. The minimum absolute atomic E-state index is 0.580. The lowest BCUT2D eigenvalue weighted by Gasteiger charge is -2.23. The van der Waals surface area contributed by atoms with Crippen LogP contribution in [0.5, 0.6) is 0 Å². The molecule has 0 spiro atoms. The van der Waals surface area contributed by atoms with Crippen molar-refractivity contribution in [2.24, 2.45) is 0 Å². The van der Waals surface area contributed by atoms with Crippen molar-refractivity contribution in [3.8, 4) is 0 Å². The van der Waals surface area contributed by atoms with Crippen molar-refractivity contribution in [2.75, 3.05) is 5.75 Å². The molecular weight excluding hydrogens is 232 g/mol. The highest BCUT2D eigenvalue weighted by molar-refractivity contribution is 7.99. The molecule has 0 saturated carbocycles. The van der Waals surface area contributed by atoms with Crippen LogP contribution >= 0.6 is 11.8 Å². The molecule has 0 saturated heterocycles. The summed E-state index contributed by atoms with van der Waals surface area (Å²) in [5, 5.41) is 11.1. The maximum absolute atomic E-state index is 10.2. The standard InChI is InChI=1S/C13H18N2OS/c1-3-13(16,4-2)9-17-12-14-10-7-5-6-8-11(10)15-12/h5-8,16H,3-4,9H2,1-2H3,(H,14,15). The number of thioether (sulfide) groups is 1. The van der Waals surface area contributed by atoms with Crippen molar-refractivity contribution in [1.82, 2.24) is 9.97 Å². The molecule has 3 nitrogen and oxygen atoms in total. The monoisotopic (exact) mass is 250 g/mol. The van der Waals surface area contributed by atoms with Crippen LogP contribution in [0.1, 0.15) is 26.7 Å². The van der Waals surface area contributed by atoms with Crippen LogP contribution in [0.2, 0.25) is 0 Å². The number of aromatic amines is 1. The Hall–Kier alpha value is -1.00. The number of nitrogens with zero attached hydrogens (tertiary/aromatic N) is 1. The van der Waals surface area contributed by atoms with Gasteiger partial charge < -0.3 is 10.1 Å². The minimum atomic E-state index is -0.580. The van der Waals surface area contributed by atoms with Gasteiger partial charge in [-0.2, -0.15) is 0 Å². The molecule has 0 aliphatic rings. The minimum Gasteiger partial charge on any atom is -0.389 e. The fourth-order valence-corrected chi connectivity index (χ4v) is 2.81. The Bertz CT molecular complexity index is 458. The summed E-state index contributed by atoms with van der Waals surface area (Å²) in [6, 6.07) is 7.97. The van der Waals surface area contributed by atoms with Crippen molar-refractivity contribution in [3.63, 3.8) is 0 Å². The molecule has 1 aromatic heterocycles. The molecule has 4 heteroatoms. The molecule has 2 aromatic rings. The zero-order valence-corrected chi connectivity index (χ0v) is 11.0. The first kappa shape index (κ1) is 12.5. The second kappa shape index (κ2) is 5.10. The molecule has 2 rings (SSSR count). The summed E-state index contributed by atoms with van der Waals surface area (Å²) >= 11 is 1.59. The Morgan fingerprint density at radius 3 is 2.65 bits per heavy atom. The number of aliphatic hydroxyl groups is 1. The van der Waals surface area contributed by atoms with Gasteiger partial charge in [-0.1, -0.05) is 37.7 Å². The Kier molecular flexibility index (Phi) is 3.74. The van der Waals surface area contributed by atoms with Crippen LogP contribution in [0, 0.1) is 0 Å². The maximum atomic E-state index is 10.2. The molecule has 0 aliphatic carbocycles. The van der Waals surface area contributed by atoms with Gasteiger partial charge in [0.2, 0.25) is 0 Å². The average molecular weight is 250 g/mol. The first-order valence-electron chi connectivity index (χ1n) is 5.97. The molecule has 1 aromatic carbocycles. The van der Waals surface area contributed by atoms with Gasteiger partial charge in [-0.3, -0.25) is 0 Å². The third-order valence-corrected chi connectivity index (χ3v) is 4.31. The van der Waals surface area contributed by atoms with Crippen LogP contribution < -0.4 is 0 Å². The average Bonchev–Trinajstić information content (AvgIpc) is 2.79. The van der Waals surface area contributed by atoms with Crippen LogP contribution in [0.25, 0.3) is 11.0 Å². The van der Waals surface area contributed by atoms with E-state index in [0.29, 0.717) is 5.75 Å². The van der Waals surface area contributed by atoms with Gasteiger partial charge in [-0.15, -0.1) is 0 Å². The molecule has 0 bridgehead atoms. The first-order chi connectivity index (χ1) is 8.17. The van der Waals surface area contributed by atoms with Gasteiger partial charge in [0, 0.05) is 5.75 Å². The number of para-hydroxylation sites is 2. The fraction of sp³-hybridized carbons (Fsp3) is 0.462. The largest absolute Gasteiger partial charge is 0.389 e. The number of rotatable bonds is 5. The van der Waals surface area contributed by atoms with Crippen molar-refractivity contribution >= 4 is 22.8 Å². The molecule has 92 valence electrons. The van der Waals surface area contributed by atoms with Crippen molar-refractivity contribution < 1.29 is 5.11 Å². The number of hydrogen-bond acceptors (Lipinski definition) is 3. The Morgan fingerprint density at radius 2 is 2.00 bits per heavy atom. The van der Waals surface area contributed by atoms with E-state index >= 15 is 0 Å². The summed E-state index contributed by atoms with van der Waals surface area (Å²) < 4.78 is 0. The summed E-state index contributed by atoms with van der Waals surface area (Å²) in [4.78, 5) is 7.74. The highest BCUT2D eigenvalue weighted by Crippen LogP contribution is 2.26. The van der Waals surface area contributed by atoms with Crippen molar-refractivity contribution in [3.05, 3.63) is 24.3 Å². The normalized spacial score (nSPS) is 12.2. The lowest BCUT2D eigenvalue weighted by Crippen LogP contribution is -2.29. The molecule has 0 unspecified atom stereocenters. The van der Waals surface area contributed by atoms with E-state index in [0.717, 1.165) is 29.0 Å². The van der Waals surface area contributed by atoms with E-state index in [1.165, 1.54) is 0 Å². The predicted molar refractivity (Wildman–Crippen MR) is 72.3 cm³/mol. The van der Waals surface area contributed by atoms with Crippen LogP contribution in [0.3, 0.4) is 0 Å². The fourth-order valence-electron chi connectivity index (χ4n) is 1.65. The molecule has 0 aliphatic heterocycles. The van der Waals surface area contributed by atoms with E-state index in [9.17, 15) is 5.11 Å². The van der Waals surface area contributed by atoms with Crippen LogP contribution in [0.15, 0.2) is 29.4 Å². The molecule has 0 amide bonds. The number of nitrogens with one attached hydrogen (secondary N) is 1. The third-order valence-electron chi connectivity index (χ3n) is 3.16. The van der Waals surface area contributed by atoms with E-state index in [1.807, 2.05) is 38.1 Å². The third kappa shape index (κ3) is 2.82. The topological polar surface area (TPSA) is 48.9 Å². The number of fused-ring (bicyclic) bond motifs is 1. The van der Waals surface area contributed by atoms with E-state index < -0.39 is 5.60 Å². The van der Waals surface area contributed by atoms with Gasteiger partial charge in [0.05, 0.1) is 16.6 Å². The van der Waals surface area contributed by atoms with Crippen molar-refractivity contribution in [1.29, 1.82) is 0 Å². The second-order valence-corrected chi connectivity index (χ2v) is 5.24. The van der Waals surface area contributed by atoms with E-state index in [-0.39, 0.29) is 0 Å². The number of aromatic nitrogens is 2. The van der Waals surface area contributed by atoms with Gasteiger partial charge >= 0.3 is 0 Å². The SMILES string of the molecule is CCC(O)(CC)CSc1nc2ccccc2[nH]1. The van der Waals surface area contributed by atoms with Gasteiger partial charge in [0.15, 0.2) is 5.16 Å². The molecular formula is C13H18N2OS. The lowest BCUT2D eigenvalue weighted by atomic mass is 10.0. The van der Waals surface area contributed by atoms with E-state index in [4.69, 9.17) is 0 Å². The molecule has 0 radical (unpaired) electrons. The summed E-state index contributed by atoms with van der Waals surface area (Å²) in [5.74, 6) is 0.680. The first-order valence-corrected chi connectivity index (χ1v) is 6.95. The van der Waals surface area contributed by atoms with E-state index in [1.54, 1.807) is 11.8 Å². The van der Waals surface area contributed by atoms with Crippen molar-refractivity contribution in [2.45, 2.75) is 37.4 Å². The summed E-state index contributed by atoms with van der Waals surface area (Å²) in [7, 11) is 0. The Labute approximate surface area is 106 Å². The molecule has 2 N–H and O–H groups in total. The van der Waals surface area contributed by atoms with Crippen LogP contribution in [-0.4, -0.2) is 26.4 Å². The molecule has 1 heterocycles. The van der Waals surface area contributed by atoms with Crippen LogP contribution in [-0.2, 0) is 0 Å². The number of benzene rings is 1. The number of hydrogen-bond donors (Lipinski definition) is 2. The number of imidazole rings is 1. The quantitative estimate of drug-likeness (QED) is 0.801. The molecule has 17 heavy (non-hydrogen) atoms. The maximum Gasteiger partial charge on any atom is 0.166 e. The second-order valence-electron chi connectivity index (χ2n) is 4.28. The summed E-state index contributed by atoms with van der Waals surface area (Å²) in [6.45, 7) is 4.03.